The van der Waals surface area contributed by atoms with E-state index in [0.29, 0.717) is 5.76 Å². The molecule has 138 valence electrons. The van der Waals surface area contributed by atoms with E-state index in [2.05, 4.69) is 10.0 Å². The minimum absolute atomic E-state index is 0.0501. The number of sulfonamides is 1. The number of benzene rings is 1. The van der Waals surface area contributed by atoms with Crippen molar-refractivity contribution in [1.82, 2.24) is 10.0 Å². The number of nitro benzene ring substituents is 1. The molecule has 9 nitrogen and oxygen atoms in total. The van der Waals surface area contributed by atoms with Gasteiger partial charge in [-0.2, -0.15) is 0 Å². The second-order valence-electron chi connectivity index (χ2n) is 5.23. The van der Waals surface area contributed by atoms with E-state index in [1.165, 1.54) is 30.4 Å². The Morgan fingerprint density at radius 3 is 2.69 bits per heavy atom. The lowest BCUT2D eigenvalue weighted by atomic mass is 10.3. The monoisotopic (exact) mass is 379 g/mol. The maximum absolute atomic E-state index is 12.1. The summed E-state index contributed by atoms with van der Waals surface area (Å²) in [5.74, 6) is 0.846. The number of carbonyl (C=O) groups is 1. The topological polar surface area (TPSA) is 132 Å². The fraction of sp³-hybridized carbons (Fsp3) is 0.188. The summed E-state index contributed by atoms with van der Waals surface area (Å²) in [6.07, 6.45) is 2.77. The molecule has 0 aliphatic carbocycles. The molecule has 1 amide bonds. The van der Waals surface area contributed by atoms with Crippen LogP contribution in [0.3, 0.4) is 0 Å². The molecule has 0 saturated carbocycles. The quantitative estimate of drug-likeness (QED) is 0.310. The molecule has 2 aromatic rings. The first kappa shape index (κ1) is 19.3. The number of nitro groups is 1. The third-order valence-corrected chi connectivity index (χ3v) is 4.67. The molecule has 0 bridgehead atoms. The van der Waals surface area contributed by atoms with Crippen LogP contribution in [0.25, 0.3) is 6.08 Å². The van der Waals surface area contributed by atoms with Crippen LogP contribution < -0.4 is 10.0 Å². The fourth-order valence-electron chi connectivity index (χ4n) is 1.98. The fourth-order valence-corrected chi connectivity index (χ4v) is 3.05. The predicted molar refractivity (Wildman–Crippen MR) is 93.8 cm³/mol. The molecule has 0 spiro atoms. The molecule has 2 N–H and O–H groups in total. The van der Waals surface area contributed by atoms with Gasteiger partial charge >= 0.3 is 0 Å². The number of nitrogens with one attached hydrogen (secondary N) is 2. The maximum Gasteiger partial charge on any atom is 0.270 e. The van der Waals surface area contributed by atoms with Crippen LogP contribution in [0, 0.1) is 17.0 Å². The van der Waals surface area contributed by atoms with Gasteiger partial charge in [0.15, 0.2) is 0 Å². The van der Waals surface area contributed by atoms with Crippen molar-refractivity contribution in [2.24, 2.45) is 0 Å². The van der Waals surface area contributed by atoms with Gasteiger partial charge in [0.05, 0.1) is 9.82 Å². The van der Waals surface area contributed by atoms with Crippen molar-refractivity contribution in [3.05, 3.63) is 64.1 Å². The molecule has 0 saturated heterocycles. The molecule has 0 atom stereocenters. The molecule has 0 fully saturated rings. The minimum atomic E-state index is -3.91. The lowest BCUT2D eigenvalue weighted by Crippen LogP contribution is -2.34. The maximum atomic E-state index is 12.1. The summed E-state index contributed by atoms with van der Waals surface area (Å²) in [5.41, 5.74) is -0.320. The molecule has 0 unspecified atom stereocenters. The number of non-ortho nitro benzene ring substituents is 1. The highest BCUT2D eigenvalue weighted by molar-refractivity contribution is 7.89. The van der Waals surface area contributed by atoms with Crippen molar-refractivity contribution < 1.29 is 22.6 Å². The van der Waals surface area contributed by atoms with Gasteiger partial charge in [0, 0.05) is 31.3 Å². The predicted octanol–water partition coefficient (Wildman–Crippen LogP) is 1.60. The summed E-state index contributed by atoms with van der Waals surface area (Å²) in [6.45, 7) is 1.77. The van der Waals surface area contributed by atoms with Gasteiger partial charge in [-0.1, -0.05) is 6.07 Å². The first-order valence-corrected chi connectivity index (χ1v) is 9.03. The van der Waals surface area contributed by atoms with E-state index >= 15 is 0 Å². The van der Waals surface area contributed by atoms with Crippen LogP contribution in [0.2, 0.25) is 0 Å². The second-order valence-corrected chi connectivity index (χ2v) is 6.99. The molecular weight excluding hydrogens is 362 g/mol. The van der Waals surface area contributed by atoms with E-state index in [9.17, 15) is 23.3 Å². The molecular formula is C16H17N3O6S. The lowest BCUT2D eigenvalue weighted by molar-refractivity contribution is -0.385. The molecule has 1 heterocycles. The molecule has 26 heavy (non-hydrogen) atoms. The van der Waals surface area contributed by atoms with Crippen LogP contribution in [0.15, 0.2) is 51.8 Å². The standard InChI is InChI=1S/C16H17N3O6S/c1-12-5-6-14(25-12)7-8-16(20)17-9-10-18-26(23,24)15-4-2-3-13(11-15)19(21)22/h2-8,11,18H,9-10H2,1H3,(H,17,20)/b8-7+. The van der Waals surface area contributed by atoms with E-state index < -0.39 is 20.9 Å². The van der Waals surface area contributed by atoms with Crippen molar-refractivity contribution in [2.75, 3.05) is 13.1 Å². The average molecular weight is 379 g/mol. The van der Waals surface area contributed by atoms with Crippen molar-refractivity contribution in [3.8, 4) is 0 Å². The highest BCUT2D eigenvalue weighted by Gasteiger charge is 2.16. The van der Waals surface area contributed by atoms with Gasteiger partial charge in [-0.15, -0.1) is 0 Å². The smallest absolute Gasteiger partial charge is 0.270 e. The summed E-state index contributed by atoms with van der Waals surface area (Å²) < 4.78 is 31.7. The van der Waals surface area contributed by atoms with Gasteiger partial charge in [-0.05, 0) is 31.2 Å². The Hall–Kier alpha value is -2.98. The summed E-state index contributed by atoms with van der Waals surface area (Å²) >= 11 is 0. The summed E-state index contributed by atoms with van der Waals surface area (Å²) in [4.78, 5) is 21.5. The van der Waals surface area contributed by atoms with E-state index in [1.54, 1.807) is 19.1 Å². The zero-order chi connectivity index (χ0) is 19.2. The zero-order valence-corrected chi connectivity index (χ0v) is 14.7. The van der Waals surface area contributed by atoms with Crippen molar-refractivity contribution in [3.63, 3.8) is 0 Å². The lowest BCUT2D eigenvalue weighted by Gasteiger charge is -2.07. The number of amides is 1. The summed E-state index contributed by atoms with van der Waals surface area (Å²) in [7, 11) is -3.91. The van der Waals surface area contributed by atoms with Crippen molar-refractivity contribution in [1.29, 1.82) is 0 Å². The number of furan rings is 1. The Labute approximate surface area is 149 Å². The number of aryl methyl sites for hydroxylation is 1. The zero-order valence-electron chi connectivity index (χ0n) is 13.8. The van der Waals surface area contributed by atoms with Crippen LogP contribution in [0.4, 0.5) is 5.69 Å². The molecule has 0 radical (unpaired) electrons. The SMILES string of the molecule is Cc1ccc(/C=C/C(=O)NCCNS(=O)(=O)c2cccc([N+](=O)[O-])c2)o1. The van der Waals surface area contributed by atoms with Crippen LogP contribution in [0.5, 0.6) is 0 Å². The Morgan fingerprint density at radius 2 is 2.04 bits per heavy atom. The van der Waals surface area contributed by atoms with E-state index in [0.717, 1.165) is 11.8 Å². The van der Waals surface area contributed by atoms with Gasteiger partial charge in [0.2, 0.25) is 15.9 Å². The summed E-state index contributed by atoms with van der Waals surface area (Å²) in [5, 5.41) is 13.2. The Kier molecular flexibility index (Phi) is 6.26. The van der Waals surface area contributed by atoms with E-state index in [4.69, 9.17) is 4.42 Å². The highest BCUT2D eigenvalue weighted by Crippen LogP contribution is 2.16. The first-order valence-electron chi connectivity index (χ1n) is 7.54. The number of hydrogen-bond acceptors (Lipinski definition) is 6. The van der Waals surface area contributed by atoms with Crippen molar-refractivity contribution >= 4 is 27.7 Å². The van der Waals surface area contributed by atoms with Gasteiger partial charge in [0.1, 0.15) is 11.5 Å². The van der Waals surface area contributed by atoms with Crippen LogP contribution in [-0.2, 0) is 14.8 Å². The third-order valence-electron chi connectivity index (χ3n) is 3.22. The average Bonchev–Trinajstić information content (AvgIpc) is 3.02. The number of carbonyl (C=O) groups excluding carboxylic acids is 1. The Balaban J connectivity index is 1.83. The van der Waals surface area contributed by atoms with E-state index in [1.807, 2.05) is 0 Å². The largest absolute Gasteiger partial charge is 0.462 e. The van der Waals surface area contributed by atoms with Gasteiger partial charge in [-0.25, -0.2) is 13.1 Å². The van der Waals surface area contributed by atoms with Crippen LogP contribution >= 0.6 is 0 Å². The van der Waals surface area contributed by atoms with Gasteiger partial charge < -0.3 is 9.73 Å². The third kappa shape index (κ3) is 5.53. The highest BCUT2D eigenvalue weighted by atomic mass is 32.2. The van der Waals surface area contributed by atoms with Crippen LogP contribution in [-0.4, -0.2) is 32.3 Å². The molecule has 2 rings (SSSR count). The Morgan fingerprint density at radius 1 is 1.27 bits per heavy atom. The van der Waals surface area contributed by atoms with Gasteiger partial charge in [0.25, 0.3) is 5.69 Å². The Bertz CT molecular complexity index is 933. The van der Waals surface area contributed by atoms with Crippen molar-refractivity contribution in [2.45, 2.75) is 11.8 Å². The first-order chi connectivity index (χ1) is 12.3. The molecule has 1 aromatic carbocycles. The minimum Gasteiger partial charge on any atom is -0.462 e. The molecule has 0 aliphatic rings. The van der Waals surface area contributed by atoms with E-state index in [-0.39, 0.29) is 23.7 Å². The second kappa shape index (κ2) is 8.41. The number of nitrogens with zero attached hydrogens (tertiary/aromatic N) is 1. The molecule has 1 aromatic heterocycles. The summed E-state index contributed by atoms with van der Waals surface area (Å²) in [6, 6.07) is 8.19. The molecule has 0 aliphatic heterocycles. The number of rotatable bonds is 8. The van der Waals surface area contributed by atoms with Crippen LogP contribution in [0.1, 0.15) is 11.5 Å². The van der Waals surface area contributed by atoms with Gasteiger partial charge in [-0.3, -0.25) is 14.9 Å². The normalized spacial score (nSPS) is 11.6. The number of hydrogen-bond donors (Lipinski definition) is 2. The molecule has 10 heteroatoms.